The summed E-state index contributed by atoms with van der Waals surface area (Å²) in [6, 6.07) is 5.87. The van der Waals surface area contributed by atoms with E-state index in [1.165, 1.54) is 24.3 Å². The fourth-order valence-corrected chi connectivity index (χ4v) is 4.58. The second-order valence-electron chi connectivity index (χ2n) is 7.85. The maximum absolute atomic E-state index is 12.4. The number of rotatable bonds is 13. The van der Waals surface area contributed by atoms with E-state index >= 15 is 0 Å². The zero-order valence-corrected chi connectivity index (χ0v) is 19.4. The molecule has 3 atom stereocenters. The molecule has 186 valence electrons. The molecule has 0 aromatic heterocycles. The van der Waals surface area contributed by atoms with Crippen LogP contribution in [0.3, 0.4) is 0 Å². The Bertz CT molecular complexity index is 1000. The van der Waals surface area contributed by atoms with E-state index in [0.29, 0.717) is 12.8 Å². The highest BCUT2D eigenvalue weighted by atomic mass is 32.2. The fraction of sp³-hybridized carbons (Fsp3) is 0.476. The molecule has 1 aromatic rings. The van der Waals surface area contributed by atoms with Crippen LogP contribution in [0.5, 0.6) is 0 Å². The molecule has 1 amide bonds. The summed E-state index contributed by atoms with van der Waals surface area (Å²) < 4.78 is 26.9. The van der Waals surface area contributed by atoms with E-state index in [-0.39, 0.29) is 11.2 Å². The van der Waals surface area contributed by atoms with Gasteiger partial charge in [-0.25, -0.2) is 8.42 Å². The summed E-state index contributed by atoms with van der Waals surface area (Å²) in [6.07, 6.45) is 5.87. The van der Waals surface area contributed by atoms with E-state index in [2.05, 4.69) is 31.1 Å². The molecular weight excluding hydrogens is 464 g/mol. The minimum absolute atomic E-state index is 0.0528. The number of aliphatic carboxylic acids is 1. The number of benzene rings is 1. The Morgan fingerprint density at radius 2 is 2.03 bits per heavy atom. The normalized spacial score (nSPS) is 20.6. The zero-order valence-electron chi connectivity index (χ0n) is 18.6. The molecule has 2 aliphatic rings. The largest absolute Gasteiger partial charge is 0.480 e. The maximum Gasteiger partial charge on any atom is 0.323 e. The second-order valence-corrected chi connectivity index (χ2v) is 9.56. The van der Waals surface area contributed by atoms with Crippen LogP contribution in [0, 0.1) is 0 Å². The monoisotopic (exact) mass is 494 g/mol. The minimum atomic E-state index is -4.05. The number of amides is 1. The summed E-state index contributed by atoms with van der Waals surface area (Å²) >= 11 is 0. The highest BCUT2D eigenvalue weighted by Crippen LogP contribution is 2.15. The number of nitrogens with one attached hydrogen (secondary N) is 5. The van der Waals surface area contributed by atoms with Gasteiger partial charge in [-0.3, -0.25) is 20.2 Å². The summed E-state index contributed by atoms with van der Waals surface area (Å²) in [7, 11) is -4.05. The Balaban J connectivity index is 1.36. The molecule has 2 aliphatic heterocycles. The first-order valence-electron chi connectivity index (χ1n) is 11.0. The van der Waals surface area contributed by atoms with Crippen LogP contribution >= 0.6 is 0 Å². The van der Waals surface area contributed by atoms with Gasteiger partial charge in [0, 0.05) is 19.5 Å². The van der Waals surface area contributed by atoms with Crippen molar-refractivity contribution in [2.24, 2.45) is 5.16 Å². The number of nitrogens with zero attached hydrogens (tertiary/aromatic N) is 1. The summed E-state index contributed by atoms with van der Waals surface area (Å²) in [4.78, 5) is 29.0. The smallest absolute Gasteiger partial charge is 0.323 e. The van der Waals surface area contributed by atoms with E-state index in [4.69, 9.17) is 4.84 Å². The summed E-state index contributed by atoms with van der Waals surface area (Å²) in [5, 5.41) is 25.5. The molecule has 0 radical (unpaired) electrons. The summed E-state index contributed by atoms with van der Waals surface area (Å²) in [5.74, 6) is -1.96. The number of carbonyl (C=O) groups excluding carboxylic acids is 1. The molecule has 0 aliphatic carbocycles. The van der Waals surface area contributed by atoms with Gasteiger partial charge < -0.3 is 20.6 Å². The van der Waals surface area contributed by atoms with E-state index in [1.54, 1.807) is 6.07 Å². The summed E-state index contributed by atoms with van der Waals surface area (Å²) in [6.45, 7) is 1.19. The molecule has 12 nitrogen and oxygen atoms in total. The Hall–Kier alpha value is -3.00. The Labute approximate surface area is 198 Å². The van der Waals surface area contributed by atoms with Crippen LogP contribution in [0.15, 0.2) is 52.7 Å². The topological polar surface area (TPSA) is 170 Å². The van der Waals surface area contributed by atoms with Crippen molar-refractivity contribution < 1.29 is 28.0 Å². The van der Waals surface area contributed by atoms with Gasteiger partial charge in [0.1, 0.15) is 12.3 Å². The number of hydrogen-bond donors (Lipinski definition) is 6. The third kappa shape index (κ3) is 7.80. The van der Waals surface area contributed by atoms with E-state index in [1.807, 2.05) is 12.3 Å². The number of oxime groups is 1. The Kier molecular flexibility index (Phi) is 9.39. The molecule has 3 rings (SSSR count). The lowest BCUT2D eigenvalue weighted by molar-refractivity contribution is -0.139. The average molecular weight is 495 g/mol. The van der Waals surface area contributed by atoms with Gasteiger partial charge in [0.25, 0.3) is 5.91 Å². The maximum atomic E-state index is 12.4. The average Bonchev–Trinajstić information content (AvgIpc) is 3.31. The zero-order chi connectivity index (χ0) is 24.4. The molecular formula is C21H30N6O6S. The van der Waals surface area contributed by atoms with Gasteiger partial charge in [-0.05, 0) is 44.1 Å². The van der Waals surface area contributed by atoms with E-state index in [9.17, 15) is 23.1 Å². The predicted molar refractivity (Wildman–Crippen MR) is 124 cm³/mol. The molecule has 6 N–H and O–H groups in total. The Morgan fingerprint density at radius 3 is 2.74 bits per heavy atom. The van der Waals surface area contributed by atoms with Crippen molar-refractivity contribution in [3.8, 4) is 0 Å². The SMILES string of the molecule is O=C(O)C(CNC(=O)C1CC(CCCCNC2NC=CCN2)=NO1)NS(=O)(=O)c1ccccc1. The third-order valence-electron chi connectivity index (χ3n) is 5.21. The molecule has 2 heterocycles. The van der Waals surface area contributed by atoms with Crippen molar-refractivity contribution in [3.05, 3.63) is 42.6 Å². The van der Waals surface area contributed by atoms with Crippen molar-refractivity contribution in [1.82, 2.24) is 26.0 Å². The van der Waals surface area contributed by atoms with Crippen LogP contribution in [-0.2, 0) is 24.4 Å². The van der Waals surface area contributed by atoms with Crippen molar-refractivity contribution in [1.29, 1.82) is 0 Å². The molecule has 0 saturated heterocycles. The lowest BCUT2D eigenvalue weighted by Gasteiger charge is -2.22. The molecule has 34 heavy (non-hydrogen) atoms. The van der Waals surface area contributed by atoms with E-state index in [0.717, 1.165) is 31.6 Å². The number of sulfonamides is 1. The molecule has 0 fully saturated rings. The van der Waals surface area contributed by atoms with Crippen LogP contribution in [-0.4, -0.2) is 69.2 Å². The molecule has 0 spiro atoms. The van der Waals surface area contributed by atoms with Gasteiger partial charge in [-0.1, -0.05) is 29.4 Å². The van der Waals surface area contributed by atoms with Gasteiger partial charge in [0.05, 0.1) is 10.6 Å². The molecule has 1 aromatic carbocycles. The second kappa shape index (κ2) is 12.5. The lowest BCUT2D eigenvalue weighted by Crippen LogP contribution is -2.53. The predicted octanol–water partition coefficient (Wildman–Crippen LogP) is -0.571. The lowest BCUT2D eigenvalue weighted by atomic mass is 10.1. The number of unbranched alkanes of at least 4 members (excludes halogenated alkanes) is 1. The summed E-state index contributed by atoms with van der Waals surface area (Å²) in [5.41, 5.74) is 0.761. The van der Waals surface area contributed by atoms with Crippen LogP contribution in [0.2, 0.25) is 0 Å². The Morgan fingerprint density at radius 1 is 1.24 bits per heavy atom. The highest BCUT2D eigenvalue weighted by Gasteiger charge is 2.30. The molecule has 0 saturated carbocycles. The van der Waals surface area contributed by atoms with Gasteiger partial charge in [0.2, 0.25) is 16.1 Å². The van der Waals surface area contributed by atoms with Gasteiger partial charge >= 0.3 is 5.97 Å². The number of carbonyl (C=O) groups is 2. The van der Waals surface area contributed by atoms with Crippen molar-refractivity contribution in [2.75, 3.05) is 19.6 Å². The highest BCUT2D eigenvalue weighted by molar-refractivity contribution is 7.89. The molecule has 3 unspecified atom stereocenters. The van der Waals surface area contributed by atoms with Crippen LogP contribution in [0.1, 0.15) is 25.7 Å². The number of carboxylic acids is 1. The third-order valence-corrected chi connectivity index (χ3v) is 6.70. The van der Waals surface area contributed by atoms with Crippen molar-refractivity contribution in [2.45, 2.75) is 49.0 Å². The van der Waals surface area contributed by atoms with Crippen molar-refractivity contribution in [3.63, 3.8) is 0 Å². The van der Waals surface area contributed by atoms with Gasteiger partial charge in [-0.15, -0.1) is 0 Å². The van der Waals surface area contributed by atoms with E-state index < -0.39 is 40.6 Å². The first-order chi connectivity index (χ1) is 16.3. The number of hydrogen-bond acceptors (Lipinski definition) is 9. The van der Waals surface area contributed by atoms with Crippen LogP contribution in [0.4, 0.5) is 0 Å². The first kappa shape index (κ1) is 25.6. The quantitative estimate of drug-likeness (QED) is 0.197. The minimum Gasteiger partial charge on any atom is -0.480 e. The first-order valence-corrected chi connectivity index (χ1v) is 12.5. The molecule has 13 heteroatoms. The molecule has 0 bridgehead atoms. The fourth-order valence-electron chi connectivity index (χ4n) is 3.37. The number of carboxylic acid groups (broad SMARTS) is 1. The van der Waals surface area contributed by atoms with Gasteiger partial charge in [-0.2, -0.15) is 4.72 Å². The van der Waals surface area contributed by atoms with Gasteiger partial charge in [0.15, 0.2) is 0 Å². The van der Waals surface area contributed by atoms with Crippen LogP contribution in [0.25, 0.3) is 0 Å². The standard InChI is InChI=1S/C21H30N6O6S/c28-19(25-14-17(20(29)30)27-34(31,32)16-8-2-1-3-9-16)18-13-15(26-33-18)7-4-5-10-22-21-23-11-6-12-24-21/h1-3,6,8-9,11,17-18,21-24,27H,4-5,7,10,12-14H2,(H,25,28)(H,29,30). The van der Waals surface area contributed by atoms with Crippen LogP contribution < -0.4 is 26.0 Å². The van der Waals surface area contributed by atoms with Crippen molar-refractivity contribution >= 4 is 27.6 Å².